The van der Waals surface area contributed by atoms with Crippen LogP contribution in [0.5, 0.6) is 0 Å². The minimum atomic E-state index is -1.24. The molecule has 3 amide bonds. The van der Waals surface area contributed by atoms with Crippen molar-refractivity contribution in [2.45, 2.75) is 77.5 Å². The molecule has 4 unspecified atom stereocenters. The lowest BCUT2D eigenvalue weighted by Gasteiger charge is -2.27. The van der Waals surface area contributed by atoms with Crippen molar-refractivity contribution in [2.24, 2.45) is 17.6 Å². The van der Waals surface area contributed by atoms with Gasteiger partial charge in [-0.3, -0.25) is 19.2 Å². The summed E-state index contributed by atoms with van der Waals surface area (Å²) in [7, 11) is 0. The SMILES string of the molecule is CC(C)CC(N)C(=O)NC(CCC(=O)O)C(=O)NC(C(=O)NC(Cc1ccccc1)C(=O)O)C(C)C. The Labute approximate surface area is 211 Å². The zero-order valence-corrected chi connectivity index (χ0v) is 21.2. The van der Waals surface area contributed by atoms with Gasteiger partial charge in [-0.15, -0.1) is 0 Å². The summed E-state index contributed by atoms with van der Waals surface area (Å²) in [5.41, 5.74) is 6.60. The number of amides is 3. The highest BCUT2D eigenvalue weighted by atomic mass is 16.4. The standard InChI is InChI=1S/C25H38N4O7/c1-14(2)12-17(26)22(32)27-18(10-11-20(30)31)23(33)29-21(15(3)4)24(34)28-19(25(35)36)13-16-8-6-5-7-9-16/h5-9,14-15,17-19,21H,10-13,26H2,1-4H3,(H,27,32)(H,28,34)(H,29,33)(H,30,31)(H,35,36). The Bertz CT molecular complexity index is 905. The summed E-state index contributed by atoms with van der Waals surface area (Å²) < 4.78 is 0. The molecule has 1 rings (SSSR count). The number of hydrogen-bond acceptors (Lipinski definition) is 6. The number of benzene rings is 1. The van der Waals surface area contributed by atoms with Crippen LogP contribution in [0.4, 0.5) is 0 Å². The van der Waals surface area contributed by atoms with Crippen molar-refractivity contribution < 1.29 is 34.2 Å². The zero-order valence-electron chi connectivity index (χ0n) is 21.2. The molecule has 7 N–H and O–H groups in total. The Morgan fingerprint density at radius 3 is 1.92 bits per heavy atom. The van der Waals surface area contributed by atoms with E-state index < -0.39 is 66.2 Å². The highest BCUT2D eigenvalue weighted by Gasteiger charge is 2.32. The van der Waals surface area contributed by atoms with Crippen molar-refractivity contribution in [1.29, 1.82) is 0 Å². The molecule has 0 heterocycles. The predicted octanol–water partition coefficient (Wildman–Crippen LogP) is 0.662. The van der Waals surface area contributed by atoms with E-state index in [1.165, 1.54) is 0 Å². The van der Waals surface area contributed by atoms with Crippen LogP contribution in [0.25, 0.3) is 0 Å². The van der Waals surface area contributed by atoms with Crippen LogP contribution >= 0.6 is 0 Å². The van der Waals surface area contributed by atoms with Crippen LogP contribution in [0.2, 0.25) is 0 Å². The smallest absolute Gasteiger partial charge is 0.326 e. The molecular formula is C25H38N4O7. The number of hydrogen-bond donors (Lipinski definition) is 6. The van der Waals surface area contributed by atoms with Crippen molar-refractivity contribution >= 4 is 29.7 Å². The first kappa shape index (κ1) is 30.6. The fourth-order valence-electron chi connectivity index (χ4n) is 3.53. The maximum Gasteiger partial charge on any atom is 0.326 e. The molecule has 0 aromatic heterocycles. The number of aliphatic carboxylic acids is 2. The van der Waals surface area contributed by atoms with Crippen molar-refractivity contribution in [2.75, 3.05) is 0 Å². The van der Waals surface area contributed by atoms with Gasteiger partial charge in [-0.2, -0.15) is 0 Å². The van der Waals surface area contributed by atoms with Gasteiger partial charge in [-0.25, -0.2) is 4.79 Å². The van der Waals surface area contributed by atoms with Crippen LogP contribution in [0.15, 0.2) is 30.3 Å². The maximum absolute atomic E-state index is 13.0. The third-order valence-corrected chi connectivity index (χ3v) is 5.49. The first-order valence-electron chi connectivity index (χ1n) is 12.0. The second-order valence-electron chi connectivity index (χ2n) is 9.55. The molecule has 0 saturated heterocycles. The minimum absolute atomic E-state index is 0.0473. The van der Waals surface area contributed by atoms with E-state index in [0.29, 0.717) is 12.0 Å². The molecule has 200 valence electrons. The Morgan fingerprint density at radius 2 is 1.42 bits per heavy atom. The molecule has 0 saturated carbocycles. The third kappa shape index (κ3) is 10.9. The fourth-order valence-corrected chi connectivity index (χ4v) is 3.53. The summed E-state index contributed by atoms with van der Waals surface area (Å²) >= 11 is 0. The number of rotatable bonds is 15. The number of carboxylic acid groups (broad SMARTS) is 2. The summed E-state index contributed by atoms with van der Waals surface area (Å²) in [4.78, 5) is 61.3. The molecule has 11 heteroatoms. The third-order valence-electron chi connectivity index (χ3n) is 5.49. The molecule has 0 radical (unpaired) electrons. The monoisotopic (exact) mass is 506 g/mol. The van der Waals surface area contributed by atoms with E-state index >= 15 is 0 Å². The van der Waals surface area contributed by atoms with E-state index in [4.69, 9.17) is 10.8 Å². The summed E-state index contributed by atoms with van der Waals surface area (Å²) in [6.45, 7) is 7.10. The lowest BCUT2D eigenvalue weighted by molar-refractivity contribution is -0.142. The quantitative estimate of drug-likeness (QED) is 0.200. The van der Waals surface area contributed by atoms with Gasteiger partial charge in [0.2, 0.25) is 17.7 Å². The normalized spacial score (nSPS) is 14.4. The van der Waals surface area contributed by atoms with Crippen LogP contribution in [-0.2, 0) is 30.4 Å². The first-order chi connectivity index (χ1) is 16.8. The van der Waals surface area contributed by atoms with Crippen LogP contribution in [0, 0.1) is 11.8 Å². The average Bonchev–Trinajstić information content (AvgIpc) is 2.79. The first-order valence-corrected chi connectivity index (χ1v) is 12.0. The van der Waals surface area contributed by atoms with Gasteiger partial charge in [0.05, 0.1) is 6.04 Å². The summed E-state index contributed by atoms with van der Waals surface area (Å²) in [6, 6.07) is 4.31. The molecule has 36 heavy (non-hydrogen) atoms. The summed E-state index contributed by atoms with van der Waals surface area (Å²) in [5, 5.41) is 26.1. The molecule has 0 bridgehead atoms. The van der Waals surface area contributed by atoms with E-state index in [9.17, 15) is 29.1 Å². The van der Waals surface area contributed by atoms with Gasteiger partial charge in [0, 0.05) is 12.8 Å². The van der Waals surface area contributed by atoms with Crippen LogP contribution in [0.3, 0.4) is 0 Å². The van der Waals surface area contributed by atoms with E-state index in [2.05, 4.69) is 16.0 Å². The van der Waals surface area contributed by atoms with E-state index in [1.54, 1.807) is 44.2 Å². The number of carboxylic acids is 2. The number of carbonyl (C=O) groups excluding carboxylic acids is 3. The fraction of sp³-hybridized carbons (Fsp3) is 0.560. The number of nitrogens with two attached hydrogens (primary N) is 1. The Kier molecular flexibility index (Phi) is 12.6. The van der Waals surface area contributed by atoms with Gasteiger partial charge in [0.15, 0.2) is 0 Å². The number of carbonyl (C=O) groups is 5. The maximum atomic E-state index is 13.0. The number of nitrogens with one attached hydrogen (secondary N) is 3. The van der Waals surface area contributed by atoms with Gasteiger partial charge in [-0.05, 0) is 30.2 Å². The van der Waals surface area contributed by atoms with E-state index in [1.807, 2.05) is 13.8 Å². The molecule has 1 aromatic carbocycles. The zero-order chi connectivity index (χ0) is 27.4. The van der Waals surface area contributed by atoms with Crippen LogP contribution in [0.1, 0.15) is 52.5 Å². The molecule has 4 atom stereocenters. The van der Waals surface area contributed by atoms with Crippen LogP contribution in [-0.4, -0.2) is 64.0 Å². The highest BCUT2D eigenvalue weighted by Crippen LogP contribution is 2.09. The minimum Gasteiger partial charge on any atom is -0.481 e. The topological polar surface area (TPSA) is 188 Å². The summed E-state index contributed by atoms with van der Waals surface area (Å²) in [6.07, 6.45) is -0.187. The molecule has 0 aliphatic rings. The van der Waals surface area contributed by atoms with Gasteiger partial charge < -0.3 is 31.9 Å². The van der Waals surface area contributed by atoms with Crippen LogP contribution < -0.4 is 21.7 Å². The van der Waals surface area contributed by atoms with E-state index in [0.717, 1.165) is 0 Å². The van der Waals surface area contributed by atoms with Crippen molar-refractivity contribution in [1.82, 2.24) is 16.0 Å². The lowest BCUT2D eigenvalue weighted by Crippen LogP contribution is -2.58. The molecule has 0 aliphatic carbocycles. The molecular weight excluding hydrogens is 468 g/mol. The Hall–Kier alpha value is -3.47. The lowest BCUT2D eigenvalue weighted by atomic mass is 10.00. The Morgan fingerprint density at radius 1 is 0.833 bits per heavy atom. The van der Waals surface area contributed by atoms with Crippen molar-refractivity contribution in [3.63, 3.8) is 0 Å². The molecule has 11 nitrogen and oxygen atoms in total. The van der Waals surface area contributed by atoms with Gasteiger partial charge in [0.25, 0.3) is 0 Å². The molecule has 1 aromatic rings. The van der Waals surface area contributed by atoms with Gasteiger partial charge in [-0.1, -0.05) is 58.0 Å². The average molecular weight is 507 g/mol. The van der Waals surface area contributed by atoms with Crippen molar-refractivity contribution in [3.8, 4) is 0 Å². The van der Waals surface area contributed by atoms with E-state index in [-0.39, 0.29) is 18.8 Å². The predicted molar refractivity (Wildman–Crippen MR) is 133 cm³/mol. The Balaban J connectivity index is 2.98. The molecule has 0 fully saturated rings. The summed E-state index contributed by atoms with van der Waals surface area (Å²) in [5.74, 6) is -4.76. The molecule has 0 aliphatic heterocycles. The van der Waals surface area contributed by atoms with Crippen molar-refractivity contribution in [3.05, 3.63) is 35.9 Å². The molecule has 0 spiro atoms. The largest absolute Gasteiger partial charge is 0.481 e. The second-order valence-corrected chi connectivity index (χ2v) is 9.55. The van der Waals surface area contributed by atoms with Gasteiger partial charge >= 0.3 is 11.9 Å². The second kappa shape index (κ2) is 14.8. The highest BCUT2D eigenvalue weighted by molar-refractivity contribution is 5.94. The van der Waals surface area contributed by atoms with Gasteiger partial charge in [0.1, 0.15) is 18.1 Å².